The van der Waals surface area contributed by atoms with Gasteiger partial charge in [-0.3, -0.25) is 0 Å². The molecule has 1 saturated heterocycles. The lowest BCUT2D eigenvalue weighted by Crippen LogP contribution is -2.44. The van der Waals surface area contributed by atoms with Crippen LogP contribution in [-0.2, 0) is 9.47 Å². The Balaban J connectivity index is 1.97. The predicted octanol–water partition coefficient (Wildman–Crippen LogP) is -0.0950. The van der Waals surface area contributed by atoms with Crippen LogP contribution in [0, 0.1) is 0 Å². The summed E-state index contributed by atoms with van der Waals surface area (Å²) in [6.07, 6.45) is 2.26. The fourth-order valence-corrected chi connectivity index (χ4v) is 1.73. The van der Waals surface area contributed by atoms with Crippen LogP contribution in [0.4, 0.5) is 0 Å². The standard InChI is InChI=1S/C12H25NO4/c1-2-3-5-16-8-11(14)7-13-9-12(15)4-6-17-10-12/h11,13-15H,2-10H2,1H3. The summed E-state index contributed by atoms with van der Waals surface area (Å²) in [5.41, 5.74) is -0.761. The summed E-state index contributed by atoms with van der Waals surface area (Å²) in [7, 11) is 0. The van der Waals surface area contributed by atoms with Crippen molar-refractivity contribution in [1.82, 2.24) is 5.32 Å². The normalized spacial score (nSPS) is 26.3. The van der Waals surface area contributed by atoms with Crippen molar-refractivity contribution in [3.05, 3.63) is 0 Å². The summed E-state index contributed by atoms with van der Waals surface area (Å²) in [5.74, 6) is 0. The molecular weight excluding hydrogens is 222 g/mol. The van der Waals surface area contributed by atoms with Gasteiger partial charge in [-0.05, 0) is 6.42 Å². The van der Waals surface area contributed by atoms with E-state index in [-0.39, 0.29) is 0 Å². The van der Waals surface area contributed by atoms with E-state index in [1.807, 2.05) is 0 Å². The number of nitrogens with one attached hydrogen (secondary N) is 1. The molecule has 0 saturated carbocycles. The highest BCUT2D eigenvalue weighted by Crippen LogP contribution is 2.16. The average molecular weight is 247 g/mol. The lowest BCUT2D eigenvalue weighted by Gasteiger charge is -2.21. The second kappa shape index (κ2) is 8.00. The van der Waals surface area contributed by atoms with Gasteiger partial charge in [0.15, 0.2) is 0 Å². The van der Waals surface area contributed by atoms with E-state index in [2.05, 4.69) is 12.2 Å². The fraction of sp³-hybridized carbons (Fsp3) is 1.00. The van der Waals surface area contributed by atoms with Crippen molar-refractivity contribution in [2.75, 3.05) is 39.5 Å². The zero-order valence-electron chi connectivity index (χ0n) is 10.7. The number of rotatable bonds is 9. The van der Waals surface area contributed by atoms with Gasteiger partial charge in [0.2, 0.25) is 0 Å². The van der Waals surface area contributed by atoms with Crippen LogP contribution in [0.5, 0.6) is 0 Å². The van der Waals surface area contributed by atoms with Crippen LogP contribution in [-0.4, -0.2) is 61.4 Å². The molecule has 0 radical (unpaired) electrons. The van der Waals surface area contributed by atoms with Crippen molar-refractivity contribution in [2.24, 2.45) is 0 Å². The highest BCUT2D eigenvalue weighted by molar-refractivity contribution is 4.85. The van der Waals surface area contributed by atoms with E-state index < -0.39 is 11.7 Å². The Morgan fingerprint density at radius 3 is 3.00 bits per heavy atom. The van der Waals surface area contributed by atoms with Gasteiger partial charge in [-0.25, -0.2) is 0 Å². The van der Waals surface area contributed by atoms with E-state index in [4.69, 9.17) is 9.47 Å². The molecular formula is C12H25NO4. The number of ether oxygens (including phenoxy) is 2. The smallest absolute Gasteiger partial charge is 0.102 e. The Labute approximate surface area is 103 Å². The van der Waals surface area contributed by atoms with Crippen molar-refractivity contribution in [3.63, 3.8) is 0 Å². The van der Waals surface area contributed by atoms with E-state index in [0.717, 1.165) is 12.8 Å². The van der Waals surface area contributed by atoms with Crippen LogP contribution in [0.1, 0.15) is 26.2 Å². The Hall–Kier alpha value is -0.200. The van der Waals surface area contributed by atoms with Crippen molar-refractivity contribution in [3.8, 4) is 0 Å². The Morgan fingerprint density at radius 2 is 2.35 bits per heavy atom. The van der Waals surface area contributed by atoms with Gasteiger partial charge in [-0.1, -0.05) is 13.3 Å². The first-order chi connectivity index (χ1) is 8.16. The molecule has 0 bridgehead atoms. The minimum atomic E-state index is -0.761. The number of hydrogen-bond donors (Lipinski definition) is 3. The van der Waals surface area contributed by atoms with Crippen molar-refractivity contribution in [2.45, 2.75) is 37.9 Å². The van der Waals surface area contributed by atoms with Gasteiger partial charge in [-0.2, -0.15) is 0 Å². The van der Waals surface area contributed by atoms with Gasteiger partial charge >= 0.3 is 0 Å². The molecule has 0 aromatic heterocycles. The molecule has 5 heteroatoms. The van der Waals surface area contributed by atoms with Gasteiger partial charge in [0.1, 0.15) is 5.60 Å². The number of unbranched alkanes of at least 4 members (excludes halogenated alkanes) is 1. The van der Waals surface area contributed by atoms with E-state index in [1.165, 1.54) is 0 Å². The maximum atomic E-state index is 9.95. The third-order valence-electron chi connectivity index (χ3n) is 2.87. The molecule has 2 atom stereocenters. The van der Waals surface area contributed by atoms with Crippen LogP contribution < -0.4 is 5.32 Å². The van der Waals surface area contributed by atoms with E-state index in [9.17, 15) is 10.2 Å². The van der Waals surface area contributed by atoms with Gasteiger partial charge in [0, 0.05) is 32.7 Å². The lowest BCUT2D eigenvalue weighted by molar-refractivity contribution is 0.0140. The van der Waals surface area contributed by atoms with Gasteiger partial charge < -0.3 is 25.0 Å². The van der Waals surface area contributed by atoms with Gasteiger partial charge in [0.05, 0.1) is 19.3 Å². The van der Waals surface area contributed by atoms with Crippen LogP contribution in [0.2, 0.25) is 0 Å². The third-order valence-corrected chi connectivity index (χ3v) is 2.87. The monoisotopic (exact) mass is 247 g/mol. The number of aliphatic hydroxyl groups is 2. The first-order valence-corrected chi connectivity index (χ1v) is 6.43. The van der Waals surface area contributed by atoms with Gasteiger partial charge in [-0.15, -0.1) is 0 Å². The number of hydrogen-bond acceptors (Lipinski definition) is 5. The molecule has 3 N–H and O–H groups in total. The maximum absolute atomic E-state index is 9.95. The molecule has 0 aliphatic carbocycles. The molecule has 0 aromatic carbocycles. The average Bonchev–Trinajstić information content (AvgIpc) is 2.72. The van der Waals surface area contributed by atoms with E-state index >= 15 is 0 Å². The summed E-state index contributed by atoms with van der Waals surface area (Å²) >= 11 is 0. The molecule has 102 valence electrons. The molecule has 0 amide bonds. The minimum Gasteiger partial charge on any atom is -0.389 e. The molecule has 0 aromatic rings. The first kappa shape index (κ1) is 14.9. The predicted molar refractivity (Wildman–Crippen MR) is 65.0 cm³/mol. The Bertz CT molecular complexity index is 195. The van der Waals surface area contributed by atoms with Gasteiger partial charge in [0.25, 0.3) is 0 Å². The second-order valence-corrected chi connectivity index (χ2v) is 4.74. The maximum Gasteiger partial charge on any atom is 0.102 e. The highest BCUT2D eigenvalue weighted by Gasteiger charge is 2.31. The van der Waals surface area contributed by atoms with Crippen LogP contribution in [0.25, 0.3) is 0 Å². The van der Waals surface area contributed by atoms with E-state index in [0.29, 0.717) is 45.9 Å². The zero-order valence-corrected chi connectivity index (χ0v) is 10.7. The Morgan fingerprint density at radius 1 is 1.53 bits per heavy atom. The van der Waals surface area contributed by atoms with Crippen molar-refractivity contribution in [1.29, 1.82) is 0 Å². The van der Waals surface area contributed by atoms with Crippen molar-refractivity contribution < 1.29 is 19.7 Å². The second-order valence-electron chi connectivity index (χ2n) is 4.74. The SMILES string of the molecule is CCCCOCC(O)CNCC1(O)CCOC1. The van der Waals surface area contributed by atoms with Crippen LogP contribution in [0.15, 0.2) is 0 Å². The lowest BCUT2D eigenvalue weighted by atomic mass is 10.0. The molecule has 1 heterocycles. The topological polar surface area (TPSA) is 71.0 Å². The molecule has 1 fully saturated rings. The first-order valence-electron chi connectivity index (χ1n) is 6.43. The highest BCUT2D eigenvalue weighted by atomic mass is 16.5. The molecule has 2 unspecified atom stereocenters. The minimum absolute atomic E-state index is 0.349. The summed E-state index contributed by atoms with van der Waals surface area (Å²) in [6.45, 7) is 5.04. The summed E-state index contributed by atoms with van der Waals surface area (Å²) in [6, 6.07) is 0. The Kier molecular flexibility index (Phi) is 6.99. The third kappa shape index (κ3) is 6.33. The van der Waals surface area contributed by atoms with E-state index in [1.54, 1.807) is 0 Å². The molecule has 17 heavy (non-hydrogen) atoms. The summed E-state index contributed by atoms with van der Waals surface area (Å²) < 4.78 is 10.4. The molecule has 1 aliphatic heterocycles. The largest absolute Gasteiger partial charge is 0.389 e. The fourth-order valence-electron chi connectivity index (χ4n) is 1.73. The number of aliphatic hydroxyl groups excluding tert-OH is 1. The molecule has 5 nitrogen and oxygen atoms in total. The zero-order chi connectivity index (χ0) is 12.6. The summed E-state index contributed by atoms with van der Waals surface area (Å²) in [5, 5.41) is 22.6. The molecule has 1 rings (SSSR count). The quantitative estimate of drug-likeness (QED) is 0.497. The van der Waals surface area contributed by atoms with Crippen LogP contribution in [0.3, 0.4) is 0 Å². The molecule has 0 spiro atoms. The van der Waals surface area contributed by atoms with Crippen LogP contribution >= 0.6 is 0 Å². The molecule has 1 aliphatic rings. The van der Waals surface area contributed by atoms with Crippen molar-refractivity contribution >= 4 is 0 Å². The summed E-state index contributed by atoms with van der Waals surface area (Å²) in [4.78, 5) is 0.